The van der Waals surface area contributed by atoms with E-state index in [1.807, 2.05) is 6.07 Å². The van der Waals surface area contributed by atoms with Gasteiger partial charge in [-0.05, 0) is 53.2 Å². The Morgan fingerprint density at radius 1 is 1.31 bits per heavy atom. The van der Waals surface area contributed by atoms with E-state index in [9.17, 15) is 10.2 Å². The van der Waals surface area contributed by atoms with Crippen molar-refractivity contribution in [2.45, 2.75) is 37.3 Å². The first kappa shape index (κ1) is 11.9. The number of aromatic hydroxyl groups is 1. The van der Waals surface area contributed by atoms with Crippen LogP contribution in [-0.4, -0.2) is 16.3 Å². The van der Waals surface area contributed by atoms with Gasteiger partial charge in [-0.15, -0.1) is 0 Å². The van der Waals surface area contributed by atoms with Gasteiger partial charge in [0.25, 0.3) is 0 Å². The van der Waals surface area contributed by atoms with Crippen LogP contribution in [0, 0.1) is 0 Å². The molecule has 1 saturated carbocycles. The highest BCUT2D eigenvalue weighted by Gasteiger charge is 2.34. The summed E-state index contributed by atoms with van der Waals surface area (Å²) in [4.78, 5) is 0. The van der Waals surface area contributed by atoms with Crippen LogP contribution < -0.4 is 5.73 Å². The molecule has 0 atom stereocenters. The van der Waals surface area contributed by atoms with E-state index in [1.54, 1.807) is 12.1 Å². The first-order valence-electron chi connectivity index (χ1n) is 5.48. The van der Waals surface area contributed by atoms with Crippen molar-refractivity contribution in [3.8, 4) is 5.75 Å². The molecule has 0 bridgehead atoms. The molecular formula is C12H16BrNO2. The molecule has 1 aromatic carbocycles. The number of nitrogens with two attached hydrogens (primary N) is 1. The predicted molar refractivity (Wildman–Crippen MR) is 66.1 cm³/mol. The molecular weight excluding hydrogens is 270 g/mol. The van der Waals surface area contributed by atoms with Crippen molar-refractivity contribution in [2.24, 2.45) is 5.73 Å². The number of rotatable bonds is 1. The predicted octanol–water partition coefficient (Wildman–Crippen LogP) is 2.24. The van der Waals surface area contributed by atoms with E-state index in [-0.39, 0.29) is 11.9 Å². The fourth-order valence-electron chi connectivity index (χ4n) is 2.29. The van der Waals surface area contributed by atoms with Crippen molar-refractivity contribution in [1.82, 2.24) is 0 Å². The Morgan fingerprint density at radius 2 is 1.94 bits per heavy atom. The molecule has 0 heterocycles. The Hall–Kier alpha value is -0.580. The van der Waals surface area contributed by atoms with Crippen molar-refractivity contribution in [2.75, 3.05) is 0 Å². The molecule has 0 unspecified atom stereocenters. The minimum atomic E-state index is -0.434. The number of hydrogen-bond acceptors (Lipinski definition) is 3. The average molecular weight is 286 g/mol. The summed E-state index contributed by atoms with van der Waals surface area (Å²) >= 11 is 3.37. The van der Waals surface area contributed by atoms with Crippen LogP contribution in [0.25, 0.3) is 0 Å². The maximum absolute atomic E-state index is 9.65. The Bertz CT molecular complexity index is 387. The minimum absolute atomic E-state index is 0.216. The highest BCUT2D eigenvalue weighted by molar-refractivity contribution is 9.10. The van der Waals surface area contributed by atoms with Crippen LogP contribution in [-0.2, 0) is 5.54 Å². The number of aliphatic hydroxyl groups is 1. The van der Waals surface area contributed by atoms with E-state index in [1.165, 1.54) is 0 Å². The molecule has 3 nitrogen and oxygen atoms in total. The smallest absolute Gasteiger partial charge is 0.130 e. The van der Waals surface area contributed by atoms with Gasteiger partial charge in [-0.25, -0.2) is 0 Å². The lowest BCUT2D eigenvalue weighted by atomic mass is 9.76. The molecule has 1 fully saturated rings. The highest BCUT2D eigenvalue weighted by Crippen LogP contribution is 2.40. The van der Waals surface area contributed by atoms with Crippen LogP contribution in [0.5, 0.6) is 5.75 Å². The van der Waals surface area contributed by atoms with Gasteiger partial charge in [-0.2, -0.15) is 0 Å². The van der Waals surface area contributed by atoms with E-state index in [4.69, 9.17) is 5.73 Å². The molecule has 4 heteroatoms. The Labute approximate surface area is 103 Å². The van der Waals surface area contributed by atoms with Crippen molar-refractivity contribution < 1.29 is 10.2 Å². The summed E-state index contributed by atoms with van der Waals surface area (Å²) < 4.78 is 0.675. The first-order valence-corrected chi connectivity index (χ1v) is 6.27. The largest absolute Gasteiger partial charge is 0.507 e. The standard InChI is InChI=1S/C12H16BrNO2/c13-11-9(2-1-3-10(11)16)12(14)6-4-8(15)5-7-12/h1-3,8,15-16H,4-7,14H2. The maximum Gasteiger partial charge on any atom is 0.130 e. The topological polar surface area (TPSA) is 66.5 Å². The van der Waals surface area contributed by atoms with Crippen molar-refractivity contribution in [3.05, 3.63) is 28.2 Å². The molecule has 0 radical (unpaired) electrons. The van der Waals surface area contributed by atoms with E-state index in [0.29, 0.717) is 4.47 Å². The van der Waals surface area contributed by atoms with Gasteiger partial charge >= 0.3 is 0 Å². The summed E-state index contributed by atoms with van der Waals surface area (Å²) in [5.74, 6) is 0.216. The summed E-state index contributed by atoms with van der Waals surface area (Å²) in [7, 11) is 0. The summed E-state index contributed by atoms with van der Waals surface area (Å²) in [6, 6.07) is 5.37. The Kier molecular flexibility index (Phi) is 3.24. The molecule has 0 amide bonds. The molecule has 1 aliphatic rings. The van der Waals surface area contributed by atoms with Gasteiger partial charge in [0.2, 0.25) is 0 Å². The second-order valence-corrected chi connectivity index (χ2v) is 5.32. The fourth-order valence-corrected chi connectivity index (χ4v) is 2.95. The minimum Gasteiger partial charge on any atom is -0.507 e. The van der Waals surface area contributed by atoms with Gasteiger partial charge in [-0.1, -0.05) is 12.1 Å². The molecule has 2 rings (SSSR count). The van der Waals surface area contributed by atoms with Crippen LogP contribution in [0.3, 0.4) is 0 Å². The zero-order valence-corrected chi connectivity index (χ0v) is 10.6. The zero-order chi connectivity index (χ0) is 11.8. The first-order chi connectivity index (χ1) is 7.53. The number of aliphatic hydroxyl groups excluding tert-OH is 1. The summed E-state index contributed by atoms with van der Waals surface area (Å²) in [5, 5.41) is 19.1. The monoisotopic (exact) mass is 285 g/mol. The fraction of sp³-hybridized carbons (Fsp3) is 0.500. The number of phenols is 1. The second kappa shape index (κ2) is 4.35. The van der Waals surface area contributed by atoms with Gasteiger partial charge in [0.1, 0.15) is 5.75 Å². The molecule has 4 N–H and O–H groups in total. The quantitative estimate of drug-likeness (QED) is 0.741. The molecule has 0 aromatic heterocycles. The Balaban J connectivity index is 2.32. The number of benzene rings is 1. The molecule has 1 aliphatic carbocycles. The summed E-state index contributed by atoms with van der Waals surface area (Å²) in [5.41, 5.74) is 6.86. The number of halogens is 1. The molecule has 0 saturated heterocycles. The van der Waals surface area contributed by atoms with Crippen LogP contribution >= 0.6 is 15.9 Å². The van der Waals surface area contributed by atoms with E-state index in [2.05, 4.69) is 15.9 Å². The van der Waals surface area contributed by atoms with Gasteiger partial charge in [0.15, 0.2) is 0 Å². The van der Waals surface area contributed by atoms with E-state index in [0.717, 1.165) is 31.2 Å². The molecule has 0 spiro atoms. The van der Waals surface area contributed by atoms with Crippen LogP contribution in [0.15, 0.2) is 22.7 Å². The van der Waals surface area contributed by atoms with Crippen molar-refractivity contribution in [1.29, 1.82) is 0 Å². The lowest BCUT2D eigenvalue weighted by Gasteiger charge is -2.36. The normalized spacial score (nSPS) is 30.3. The lowest BCUT2D eigenvalue weighted by Crippen LogP contribution is -2.41. The third-order valence-electron chi connectivity index (χ3n) is 3.36. The second-order valence-electron chi connectivity index (χ2n) is 4.53. The maximum atomic E-state index is 9.65. The van der Waals surface area contributed by atoms with Gasteiger partial charge in [0, 0.05) is 5.54 Å². The van der Waals surface area contributed by atoms with Gasteiger partial charge in [-0.3, -0.25) is 0 Å². The molecule has 88 valence electrons. The van der Waals surface area contributed by atoms with Crippen molar-refractivity contribution >= 4 is 15.9 Å². The van der Waals surface area contributed by atoms with Gasteiger partial charge in [0.05, 0.1) is 10.6 Å². The molecule has 1 aromatic rings. The van der Waals surface area contributed by atoms with E-state index >= 15 is 0 Å². The van der Waals surface area contributed by atoms with Crippen LogP contribution in [0.4, 0.5) is 0 Å². The molecule has 16 heavy (non-hydrogen) atoms. The zero-order valence-electron chi connectivity index (χ0n) is 8.99. The SMILES string of the molecule is NC1(c2cccc(O)c2Br)CCC(O)CC1. The third-order valence-corrected chi connectivity index (χ3v) is 4.20. The summed E-state index contributed by atoms with van der Waals surface area (Å²) in [6.45, 7) is 0. The lowest BCUT2D eigenvalue weighted by molar-refractivity contribution is 0.0966. The number of hydrogen-bond donors (Lipinski definition) is 3. The average Bonchev–Trinajstić information content (AvgIpc) is 2.27. The van der Waals surface area contributed by atoms with E-state index < -0.39 is 5.54 Å². The van der Waals surface area contributed by atoms with Crippen LogP contribution in [0.1, 0.15) is 31.2 Å². The summed E-state index contributed by atoms with van der Waals surface area (Å²) in [6.07, 6.45) is 2.71. The Morgan fingerprint density at radius 3 is 2.56 bits per heavy atom. The number of phenolic OH excluding ortho intramolecular Hbond substituents is 1. The van der Waals surface area contributed by atoms with Crippen molar-refractivity contribution in [3.63, 3.8) is 0 Å². The highest BCUT2D eigenvalue weighted by atomic mass is 79.9. The van der Waals surface area contributed by atoms with Crippen LogP contribution in [0.2, 0.25) is 0 Å². The third kappa shape index (κ3) is 2.10. The molecule has 0 aliphatic heterocycles. The van der Waals surface area contributed by atoms with Gasteiger partial charge < -0.3 is 15.9 Å².